The van der Waals surface area contributed by atoms with E-state index in [0.717, 1.165) is 0 Å². The summed E-state index contributed by atoms with van der Waals surface area (Å²) in [6, 6.07) is 4.21. The van der Waals surface area contributed by atoms with Gasteiger partial charge in [0.15, 0.2) is 0 Å². The fourth-order valence-corrected chi connectivity index (χ4v) is 1.75. The number of nitrogens with zero attached hydrogens (tertiary/aromatic N) is 1. The zero-order chi connectivity index (χ0) is 11.7. The van der Waals surface area contributed by atoms with Crippen LogP contribution in [0, 0.1) is 0 Å². The molecule has 1 aromatic carbocycles. The number of benzene rings is 1. The van der Waals surface area contributed by atoms with E-state index in [1.807, 2.05) is 0 Å². The van der Waals surface area contributed by atoms with Gasteiger partial charge in [-0.15, -0.1) is 0 Å². The van der Waals surface area contributed by atoms with Crippen LogP contribution in [0.15, 0.2) is 18.2 Å². The molecule has 0 unspecified atom stereocenters. The minimum atomic E-state index is -1.06. The molecule has 84 valence electrons. The second kappa shape index (κ2) is 4.02. The monoisotopic (exact) mass is 241 g/mol. The number of amides is 1. The molecule has 16 heavy (non-hydrogen) atoms. The maximum Gasteiger partial charge on any atom is 0.414 e. The predicted octanol–water partition coefficient (Wildman–Crippen LogP) is 1.99. The lowest BCUT2D eigenvalue weighted by Gasteiger charge is -2.14. The minimum absolute atomic E-state index is 0.0846. The van der Waals surface area contributed by atoms with Crippen molar-refractivity contribution in [1.82, 2.24) is 0 Å². The fourth-order valence-electron chi connectivity index (χ4n) is 1.47. The highest BCUT2D eigenvalue weighted by atomic mass is 35.5. The Kier molecular flexibility index (Phi) is 2.70. The first-order valence-corrected chi connectivity index (χ1v) is 4.94. The maximum absolute atomic E-state index is 11.3. The third-order valence-electron chi connectivity index (χ3n) is 2.25. The Hall–Kier alpha value is -1.75. The summed E-state index contributed by atoms with van der Waals surface area (Å²) >= 11 is 5.91. The molecular weight excluding hydrogens is 234 g/mol. The van der Waals surface area contributed by atoms with Crippen LogP contribution in [0.25, 0.3) is 0 Å². The Labute approximate surface area is 96.2 Å². The molecule has 1 aliphatic rings. The topological polar surface area (TPSA) is 66.8 Å². The molecule has 2 rings (SSSR count). The molecule has 1 fully saturated rings. The van der Waals surface area contributed by atoms with Crippen LogP contribution < -0.4 is 4.90 Å². The van der Waals surface area contributed by atoms with Crippen LogP contribution in [0.3, 0.4) is 0 Å². The lowest BCUT2D eigenvalue weighted by Crippen LogP contribution is -2.23. The summed E-state index contributed by atoms with van der Waals surface area (Å²) in [6.45, 7) is 0.737. The molecule has 1 amide bonds. The van der Waals surface area contributed by atoms with E-state index in [0.29, 0.717) is 18.8 Å². The summed E-state index contributed by atoms with van der Waals surface area (Å²) in [5.74, 6) is -1.06. The Morgan fingerprint density at radius 1 is 1.50 bits per heavy atom. The maximum atomic E-state index is 11.3. The van der Waals surface area contributed by atoms with Crippen molar-refractivity contribution < 1.29 is 19.4 Å². The van der Waals surface area contributed by atoms with Crippen molar-refractivity contribution in [2.24, 2.45) is 0 Å². The molecule has 0 aliphatic carbocycles. The smallest absolute Gasteiger partial charge is 0.414 e. The SMILES string of the molecule is O=C(O)c1ccc(N2CCOC2=O)c(Cl)c1. The molecule has 0 radical (unpaired) electrons. The van der Waals surface area contributed by atoms with Gasteiger partial charge in [0.2, 0.25) is 0 Å². The van der Waals surface area contributed by atoms with Crippen molar-refractivity contribution in [3.63, 3.8) is 0 Å². The molecule has 1 saturated heterocycles. The summed E-state index contributed by atoms with van der Waals surface area (Å²) < 4.78 is 4.76. The average molecular weight is 242 g/mol. The van der Waals surface area contributed by atoms with E-state index in [4.69, 9.17) is 21.4 Å². The third kappa shape index (κ3) is 1.81. The van der Waals surface area contributed by atoms with Gasteiger partial charge in [-0.3, -0.25) is 4.90 Å². The highest BCUT2D eigenvalue weighted by Crippen LogP contribution is 2.28. The number of hydrogen-bond donors (Lipinski definition) is 1. The van der Waals surface area contributed by atoms with Crippen LogP contribution in [0.2, 0.25) is 5.02 Å². The number of halogens is 1. The van der Waals surface area contributed by atoms with Gasteiger partial charge in [-0.05, 0) is 18.2 Å². The molecule has 1 aromatic rings. The van der Waals surface area contributed by atoms with Gasteiger partial charge >= 0.3 is 12.1 Å². The summed E-state index contributed by atoms with van der Waals surface area (Å²) in [5.41, 5.74) is 0.551. The normalized spacial score (nSPS) is 15.1. The first-order chi connectivity index (χ1) is 7.59. The molecule has 1 N–H and O–H groups in total. The van der Waals surface area contributed by atoms with Crippen molar-refractivity contribution in [1.29, 1.82) is 0 Å². The lowest BCUT2D eigenvalue weighted by atomic mass is 10.2. The van der Waals surface area contributed by atoms with Gasteiger partial charge in [-0.1, -0.05) is 11.6 Å². The lowest BCUT2D eigenvalue weighted by molar-refractivity contribution is 0.0697. The predicted molar refractivity (Wildman–Crippen MR) is 57.1 cm³/mol. The van der Waals surface area contributed by atoms with Gasteiger partial charge in [-0.2, -0.15) is 0 Å². The number of carbonyl (C=O) groups is 2. The molecule has 1 aliphatic heterocycles. The number of carbonyl (C=O) groups excluding carboxylic acids is 1. The number of cyclic esters (lactones) is 1. The van der Waals surface area contributed by atoms with Crippen LogP contribution in [0.4, 0.5) is 10.5 Å². The van der Waals surface area contributed by atoms with Crippen molar-refractivity contribution in [2.75, 3.05) is 18.1 Å². The van der Waals surface area contributed by atoms with E-state index in [9.17, 15) is 9.59 Å². The molecule has 0 spiro atoms. The molecule has 6 heteroatoms. The van der Waals surface area contributed by atoms with E-state index in [1.54, 1.807) is 0 Å². The first kappa shape index (κ1) is 10.8. The highest BCUT2D eigenvalue weighted by Gasteiger charge is 2.25. The van der Waals surface area contributed by atoms with E-state index in [-0.39, 0.29) is 10.6 Å². The van der Waals surface area contributed by atoms with Gasteiger partial charge in [0.25, 0.3) is 0 Å². The zero-order valence-corrected chi connectivity index (χ0v) is 8.90. The number of hydrogen-bond acceptors (Lipinski definition) is 3. The molecule has 0 atom stereocenters. The van der Waals surface area contributed by atoms with Gasteiger partial charge in [0, 0.05) is 0 Å². The van der Waals surface area contributed by atoms with E-state index in [1.165, 1.54) is 23.1 Å². The van der Waals surface area contributed by atoms with Crippen LogP contribution in [0.5, 0.6) is 0 Å². The second-order valence-corrected chi connectivity index (χ2v) is 3.64. The molecule has 1 heterocycles. The fraction of sp³-hybridized carbons (Fsp3) is 0.200. The van der Waals surface area contributed by atoms with Gasteiger partial charge in [0.1, 0.15) is 6.61 Å². The molecule has 5 nitrogen and oxygen atoms in total. The van der Waals surface area contributed by atoms with Crippen molar-refractivity contribution in [3.05, 3.63) is 28.8 Å². The number of anilines is 1. The molecule has 0 aromatic heterocycles. The highest BCUT2D eigenvalue weighted by molar-refractivity contribution is 6.34. The number of aromatic carboxylic acids is 1. The van der Waals surface area contributed by atoms with E-state index in [2.05, 4.69) is 0 Å². The number of ether oxygens (including phenoxy) is 1. The zero-order valence-electron chi connectivity index (χ0n) is 8.14. The van der Waals surface area contributed by atoms with Gasteiger partial charge < -0.3 is 9.84 Å². The van der Waals surface area contributed by atoms with Gasteiger partial charge in [0.05, 0.1) is 22.8 Å². The average Bonchev–Trinajstić information content (AvgIpc) is 2.64. The Balaban J connectivity index is 2.36. The first-order valence-electron chi connectivity index (χ1n) is 4.57. The molecular formula is C10H8ClNO4. The van der Waals surface area contributed by atoms with Crippen LogP contribution >= 0.6 is 11.6 Å². The van der Waals surface area contributed by atoms with Crippen LogP contribution in [-0.2, 0) is 4.74 Å². The van der Waals surface area contributed by atoms with Crippen LogP contribution in [-0.4, -0.2) is 30.3 Å². The largest absolute Gasteiger partial charge is 0.478 e. The summed E-state index contributed by atoms with van der Waals surface area (Å²) in [7, 11) is 0. The molecule has 0 bridgehead atoms. The number of rotatable bonds is 2. The Morgan fingerprint density at radius 2 is 2.25 bits per heavy atom. The van der Waals surface area contributed by atoms with Crippen LogP contribution in [0.1, 0.15) is 10.4 Å². The molecule has 0 saturated carbocycles. The number of carboxylic acids is 1. The Morgan fingerprint density at radius 3 is 2.75 bits per heavy atom. The Bertz CT molecular complexity index is 460. The summed E-state index contributed by atoms with van der Waals surface area (Å²) in [4.78, 5) is 23.3. The minimum Gasteiger partial charge on any atom is -0.478 e. The van der Waals surface area contributed by atoms with Crippen molar-refractivity contribution in [2.45, 2.75) is 0 Å². The van der Waals surface area contributed by atoms with E-state index < -0.39 is 12.1 Å². The summed E-state index contributed by atoms with van der Waals surface area (Å²) in [5, 5.41) is 8.97. The third-order valence-corrected chi connectivity index (χ3v) is 2.55. The quantitative estimate of drug-likeness (QED) is 0.860. The van der Waals surface area contributed by atoms with Crippen molar-refractivity contribution >= 4 is 29.4 Å². The van der Waals surface area contributed by atoms with Crippen molar-refractivity contribution in [3.8, 4) is 0 Å². The summed E-state index contributed by atoms with van der Waals surface area (Å²) in [6.07, 6.45) is -0.468. The van der Waals surface area contributed by atoms with E-state index >= 15 is 0 Å². The number of carboxylic acid groups (broad SMARTS) is 1. The standard InChI is InChI=1S/C10H8ClNO4/c11-7-5-6(9(13)14)1-2-8(7)12-3-4-16-10(12)15/h1-2,5H,3-4H2,(H,13,14). The van der Waals surface area contributed by atoms with Gasteiger partial charge in [-0.25, -0.2) is 9.59 Å². The second-order valence-electron chi connectivity index (χ2n) is 3.24.